The van der Waals surface area contributed by atoms with E-state index in [4.69, 9.17) is 28.9 Å². The number of rotatable bonds is 18. The van der Waals surface area contributed by atoms with Crippen molar-refractivity contribution in [2.24, 2.45) is 28.8 Å². The zero-order chi connectivity index (χ0) is 40.8. The van der Waals surface area contributed by atoms with E-state index in [0.717, 1.165) is 91.5 Å². The Balaban J connectivity index is 1.25. The van der Waals surface area contributed by atoms with Gasteiger partial charge in [0.05, 0.1) is 24.8 Å². The fourth-order valence-electron chi connectivity index (χ4n) is 9.96. The maximum Gasteiger partial charge on any atom is 0.239 e. The highest BCUT2D eigenvalue weighted by atomic mass is 16.8. The van der Waals surface area contributed by atoms with E-state index in [1.165, 1.54) is 0 Å². The molecule has 2 aliphatic heterocycles. The number of amides is 1. The summed E-state index contributed by atoms with van der Waals surface area (Å²) in [5, 5.41) is 24.8. The molecule has 3 aromatic carbocycles. The Morgan fingerprint density at radius 3 is 2.39 bits per heavy atom. The summed E-state index contributed by atoms with van der Waals surface area (Å²) in [5.41, 5.74) is 5.07. The maximum absolute atomic E-state index is 14.1. The predicted molar refractivity (Wildman–Crippen MR) is 227 cm³/mol. The lowest BCUT2D eigenvalue weighted by atomic mass is 9.55. The molecular formula is C49H60N2O8. The van der Waals surface area contributed by atoms with Gasteiger partial charge in [-0.15, -0.1) is 6.58 Å². The first kappa shape index (κ1) is 41.3. The lowest BCUT2D eigenvalue weighted by molar-refractivity contribution is -0.256. The van der Waals surface area contributed by atoms with E-state index >= 15 is 0 Å². The van der Waals surface area contributed by atoms with Gasteiger partial charge in [-0.1, -0.05) is 72.6 Å². The van der Waals surface area contributed by atoms with Gasteiger partial charge < -0.3 is 38.9 Å². The summed E-state index contributed by atoms with van der Waals surface area (Å²) in [4.78, 5) is 22.2. The summed E-state index contributed by atoms with van der Waals surface area (Å²) in [6, 6.07) is 24.0. The molecule has 314 valence electrons. The number of likely N-dealkylation sites (N-methyl/N-ethyl adjacent to an activating group) is 1. The third kappa shape index (κ3) is 8.87. The number of nitrogens with zero attached hydrogens (tertiary/aromatic N) is 2. The summed E-state index contributed by atoms with van der Waals surface area (Å²) >= 11 is 0. The number of aliphatic hydroxyl groups excluding tert-OH is 2. The molecule has 5 aliphatic rings. The monoisotopic (exact) mass is 804 g/mol. The van der Waals surface area contributed by atoms with Crippen molar-refractivity contribution in [3.63, 3.8) is 0 Å². The van der Waals surface area contributed by atoms with Crippen LogP contribution in [0.4, 0.5) is 0 Å². The fourth-order valence-corrected chi connectivity index (χ4v) is 9.96. The Morgan fingerprint density at radius 2 is 1.68 bits per heavy atom. The molecule has 2 N–H and O–H groups in total. The third-order valence-electron chi connectivity index (χ3n) is 13.0. The Hall–Kier alpha value is -4.48. The largest absolute Gasteiger partial charge is 0.459 e. The number of hydrogen-bond donors (Lipinski definition) is 2. The molecule has 0 radical (unpaired) electrons. The van der Waals surface area contributed by atoms with Crippen LogP contribution in [0.5, 0.6) is 17.2 Å². The zero-order valence-electron chi connectivity index (χ0n) is 34.4. The highest BCUT2D eigenvalue weighted by molar-refractivity contribution is 6.03. The maximum atomic E-state index is 14.1. The predicted octanol–water partition coefficient (Wildman–Crippen LogP) is 9.17. The van der Waals surface area contributed by atoms with Crippen molar-refractivity contribution in [1.29, 1.82) is 0 Å². The Morgan fingerprint density at radius 1 is 0.932 bits per heavy atom. The van der Waals surface area contributed by atoms with Crippen LogP contribution in [-0.2, 0) is 19.1 Å². The average molecular weight is 805 g/mol. The first-order valence-corrected chi connectivity index (χ1v) is 21.9. The van der Waals surface area contributed by atoms with Crippen LogP contribution < -0.4 is 9.47 Å². The van der Waals surface area contributed by atoms with Crippen LogP contribution in [0.1, 0.15) is 88.5 Å². The number of fused-ring (bicyclic) bond motifs is 2. The molecule has 2 heterocycles. The van der Waals surface area contributed by atoms with Crippen LogP contribution in [0.2, 0.25) is 0 Å². The van der Waals surface area contributed by atoms with Crippen LogP contribution in [0.3, 0.4) is 0 Å². The van der Waals surface area contributed by atoms with E-state index in [9.17, 15) is 15.0 Å². The number of oxime groups is 1. The second-order valence-electron chi connectivity index (χ2n) is 16.9. The van der Waals surface area contributed by atoms with Gasteiger partial charge in [-0.3, -0.25) is 4.79 Å². The van der Waals surface area contributed by atoms with E-state index in [1.807, 2.05) is 54.4 Å². The quantitative estimate of drug-likeness (QED) is 0.0743. The number of carbonyl (C=O) groups is 1. The van der Waals surface area contributed by atoms with Crippen molar-refractivity contribution in [3.8, 4) is 28.4 Å². The number of hydrogen-bond acceptors (Lipinski definition) is 9. The molecule has 2 saturated carbocycles. The number of carbonyl (C=O) groups excluding carboxylic acids is 1. The molecule has 1 unspecified atom stereocenters. The number of unbranched alkanes of at least 4 members (excludes halogenated alkanes) is 2. The molecule has 8 rings (SSSR count). The van der Waals surface area contributed by atoms with Crippen molar-refractivity contribution >= 4 is 11.6 Å². The third-order valence-corrected chi connectivity index (χ3v) is 13.0. The van der Waals surface area contributed by atoms with Crippen LogP contribution in [-0.4, -0.2) is 78.3 Å². The van der Waals surface area contributed by atoms with Gasteiger partial charge in [0.25, 0.3) is 0 Å². The van der Waals surface area contributed by atoms with Crippen molar-refractivity contribution in [1.82, 2.24) is 4.90 Å². The van der Waals surface area contributed by atoms with E-state index in [2.05, 4.69) is 43.0 Å². The van der Waals surface area contributed by atoms with Gasteiger partial charge in [-0.05, 0) is 110 Å². The number of benzene rings is 3. The topological polar surface area (TPSA) is 119 Å². The van der Waals surface area contributed by atoms with Gasteiger partial charge in [-0.25, -0.2) is 0 Å². The molecule has 1 saturated heterocycles. The molecule has 0 spiro atoms. The lowest BCUT2D eigenvalue weighted by Gasteiger charge is -2.59. The van der Waals surface area contributed by atoms with E-state index in [-0.39, 0.29) is 55.3 Å². The highest BCUT2D eigenvalue weighted by Crippen LogP contribution is 2.62. The standard InChI is InChI=1S/C49H60N2O8/c1-3-28-56-49-44(51(2)48(54)35-18-19-35)32-42(50-59-45-17-9-12-29-55-45)40-30-36(15-7-10-26-52)39(16-8-11-27-53)46(47(40)49)41-31-38(24-25-43(41)58-49)57-37-22-20-34(21-23-37)33-13-5-4-6-14-33/h3-6,13-14,20-25,30-31,35-36,39,44-47,52-53H,1,7-12,15-19,26-29,32H2,2H3/t36-,39+,44-,45?,46+,47+,49+/m0/s1. The molecule has 1 amide bonds. The molecule has 0 aromatic heterocycles. The molecule has 3 aromatic rings. The second kappa shape index (κ2) is 18.8. The first-order chi connectivity index (χ1) is 28.9. The minimum atomic E-state index is -1.27. The number of allylic oxidation sites excluding steroid dienone is 1. The van der Waals surface area contributed by atoms with E-state index in [0.29, 0.717) is 37.4 Å². The highest BCUT2D eigenvalue weighted by Gasteiger charge is 2.65. The lowest BCUT2D eigenvalue weighted by Crippen LogP contribution is -2.69. The minimum absolute atomic E-state index is 0.0118. The summed E-state index contributed by atoms with van der Waals surface area (Å²) in [5.74, 6) is 0.690. The molecule has 0 bridgehead atoms. The molecule has 3 fully saturated rings. The molecular weight excluding hydrogens is 745 g/mol. The molecule has 10 heteroatoms. The Bertz CT molecular complexity index is 1960. The molecule has 59 heavy (non-hydrogen) atoms. The van der Waals surface area contributed by atoms with Crippen LogP contribution in [0.25, 0.3) is 11.1 Å². The van der Waals surface area contributed by atoms with E-state index in [1.54, 1.807) is 6.08 Å². The smallest absolute Gasteiger partial charge is 0.239 e. The van der Waals surface area contributed by atoms with E-state index < -0.39 is 18.1 Å². The Kier molecular flexibility index (Phi) is 13.2. The summed E-state index contributed by atoms with van der Waals surface area (Å²) in [6.45, 7) is 5.15. The van der Waals surface area contributed by atoms with Gasteiger partial charge in [0.2, 0.25) is 18.0 Å². The van der Waals surface area contributed by atoms with Gasteiger partial charge in [-0.2, -0.15) is 0 Å². The van der Waals surface area contributed by atoms with Crippen molar-refractivity contribution in [2.75, 3.05) is 33.5 Å². The molecule has 7 atom stereocenters. The summed E-state index contributed by atoms with van der Waals surface area (Å²) in [7, 11) is 1.88. The summed E-state index contributed by atoms with van der Waals surface area (Å²) < 4.78 is 26.9. The average Bonchev–Trinajstić information content (AvgIpc) is 4.13. The normalized spacial score (nSPS) is 27.8. The number of aliphatic hydroxyl groups is 2. The van der Waals surface area contributed by atoms with Gasteiger partial charge >= 0.3 is 0 Å². The van der Waals surface area contributed by atoms with Gasteiger partial charge in [0.15, 0.2) is 0 Å². The Labute approximate surface area is 348 Å². The SMILES string of the molecule is C=CCO[C@@]12Oc3ccc(Oc4ccc(-c5ccccc5)cc4)cc3[C@H]3[C@H](CCCCO)[C@@H](CCCCO)C=C(C(=NOC4CCCCO4)C[C@@H]1N(C)C(=O)C1CC1)[C@H]32. The van der Waals surface area contributed by atoms with Crippen LogP contribution in [0.15, 0.2) is 102 Å². The number of ether oxygens (including phenoxy) is 4. The van der Waals surface area contributed by atoms with Gasteiger partial charge in [0.1, 0.15) is 23.3 Å². The van der Waals surface area contributed by atoms with Crippen molar-refractivity contribution < 1.29 is 38.8 Å². The van der Waals surface area contributed by atoms with Crippen LogP contribution in [0, 0.1) is 23.7 Å². The first-order valence-electron chi connectivity index (χ1n) is 21.9. The van der Waals surface area contributed by atoms with Crippen molar-refractivity contribution in [3.05, 3.63) is 103 Å². The fraction of sp³-hybridized carbons (Fsp3) is 0.510. The molecule has 10 nitrogen and oxygen atoms in total. The van der Waals surface area contributed by atoms with Crippen molar-refractivity contribution in [2.45, 2.75) is 101 Å². The van der Waals surface area contributed by atoms with Crippen LogP contribution >= 0.6 is 0 Å². The minimum Gasteiger partial charge on any atom is -0.459 e. The van der Waals surface area contributed by atoms with Gasteiger partial charge in [0, 0.05) is 50.5 Å². The molecule has 3 aliphatic carbocycles. The second-order valence-corrected chi connectivity index (χ2v) is 16.9. The summed E-state index contributed by atoms with van der Waals surface area (Å²) in [6.07, 6.45) is 13.4. The zero-order valence-corrected chi connectivity index (χ0v) is 34.4.